The maximum atomic E-state index is 12.8. The van der Waals surface area contributed by atoms with E-state index < -0.39 is 13.7 Å². The summed E-state index contributed by atoms with van der Waals surface area (Å²) in [5.74, 6) is 1.24. The number of hydrogen-bond acceptors (Lipinski definition) is 8. The first-order valence-corrected chi connectivity index (χ1v) is 20.4. The van der Waals surface area contributed by atoms with Crippen LogP contribution in [0.5, 0.6) is 5.75 Å². The van der Waals surface area contributed by atoms with Crippen LogP contribution in [0.3, 0.4) is 0 Å². The second-order valence-electron chi connectivity index (χ2n) is 14.1. The molecule has 0 unspecified atom stereocenters. The van der Waals surface area contributed by atoms with Crippen LogP contribution in [0.4, 0.5) is 16.3 Å². The van der Waals surface area contributed by atoms with E-state index in [-0.39, 0.29) is 18.6 Å². The maximum Gasteiger partial charge on any atom is 0.410 e. The van der Waals surface area contributed by atoms with Crippen molar-refractivity contribution < 1.29 is 19.0 Å². The van der Waals surface area contributed by atoms with Gasteiger partial charge in [-0.1, -0.05) is 48.9 Å². The standard InChI is InChI=1S/C34H44Cl2N6O4Si/c1-34(2,3)46-33(43)41-13-10-23(11-14-41)25-19-42(22-44-15-16-47(4,5)6)32-30(25)31(38-21-39-32)40-28-17-27(36)29(18-26(28)35)45-20-24-9-7-8-12-37-24/h7-9,12,17-19,21,23H,10-11,13-16,20,22H2,1-6H3,(H,38,39,40). The molecule has 47 heavy (non-hydrogen) atoms. The Bertz CT molecular complexity index is 1680. The second-order valence-corrected chi connectivity index (χ2v) is 20.5. The summed E-state index contributed by atoms with van der Waals surface area (Å²) in [5.41, 5.74) is 2.69. The van der Waals surface area contributed by atoms with Crippen LogP contribution in [0.25, 0.3) is 11.0 Å². The predicted octanol–water partition coefficient (Wildman–Crippen LogP) is 8.88. The molecule has 0 saturated carbocycles. The van der Waals surface area contributed by atoms with E-state index in [1.165, 1.54) is 6.33 Å². The number of likely N-dealkylation sites (tertiary alicyclic amines) is 1. The van der Waals surface area contributed by atoms with Crippen molar-refractivity contribution in [2.75, 3.05) is 25.0 Å². The van der Waals surface area contributed by atoms with Crippen molar-refractivity contribution in [2.45, 2.75) is 84.2 Å². The van der Waals surface area contributed by atoms with Gasteiger partial charge in [-0.25, -0.2) is 14.8 Å². The van der Waals surface area contributed by atoms with Crippen molar-refractivity contribution in [1.82, 2.24) is 24.4 Å². The summed E-state index contributed by atoms with van der Waals surface area (Å²) in [6.07, 6.45) is 6.65. The minimum atomic E-state index is -1.24. The summed E-state index contributed by atoms with van der Waals surface area (Å²) < 4.78 is 19.7. The smallest absolute Gasteiger partial charge is 0.410 e. The largest absolute Gasteiger partial charge is 0.486 e. The lowest BCUT2D eigenvalue weighted by molar-refractivity contribution is 0.0205. The molecule has 4 heterocycles. The number of pyridine rings is 1. The first-order valence-electron chi connectivity index (χ1n) is 16.0. The first-order chi connectivity index (χ1) is 22.3. The molecule has 1 fully saturated rings. The molecule has 0 spiro atoms. The van der Waals surface area contributed by atoms with Gasteiger partial charge in [0.2, 0.25) is 0 Å². The normalized spacial score (nSPS) is 14.4. The topological polar surface area (TPSA) is 104 Å². The molecular formula is C34H44Cl2N6O4Si. The van der Waals surface area contributed by atoms with E-state index in [2.05, 4.69) is 46.1 Å². The third kappa shape index (κ3) is 9.37. The highest BCUT2D eigenvalue weighted by molar-refractivity contribution is 6.76. The Kier molecular flexibility index (Phi) is 11.0. The molecule has 1 aromatic carbocycles. The molecule has 1 amide bonds. The van der Waals surface area contributed by atoms with Gasteiger partial charge < -0.3 is 29.0 Å². The number of amides is 1. The Morgan fingerprint density at radius 3 is 2.51 bits per heavy atom. The average Bonchev–Trinajstić information content (AvgIpc) is 3.39. The van der Waals surface area contributed by atoms with Crippen molar-refractivity contribution in [3.8, 4) is 5.75 Å². The lowest BCUT2D eigenvalue weighted by atomic mass is 9.89. The van der Waals surface area contributed by atoms with Crippen LogP contribution < -0.4 is 10.1 Å². The van der Waals surface area contributed by atoms with E-state index in [9.17, 15) is 4.79 Å². The van der Waals surface area contributed by atoms with Gasteiger partial charge in [0.05, 0.1) is 26.8 Å². The Morgan fingerprint density at radius 2 is 1.83 bits per heavy atom. The Morgan fingerprint density at radius 1 is 1.06 bits per heavy atom. The number of rotatable bonds is 11. The molecule has 1 aliphatic rings. The fourth-order valence-electron chi connectivity index (χ4n) is 5.39. The van der Waals surface area contributed by atoms with Crippen LogP contribution in [0.15, 0.2) is 49.1 Å². The second kappa shape index (κ2) is 14.8. The Balaban J connectivity index is 1.41. The lowest BCUT2D eigenvalue weighted by Crippen LogP contribution is -2.41. The van der Waals surface area contributed by atoms with Crippen molar-refractivity contribution in [3.05, 3.63) is 70.4 Å². The summed E-state index contributed by atoms with van der Waals surface area (Å²) in [4.78, 5) is 28.2. The van der Waals surface area contributed by atoms with E-state index >= 15 is 0 Å². The minimum absolute atomic E-state index is 0.174. The zero-order chi connectivity index (χ0) is 33.8. The van der Waals surface area contributed by atoms with Gasteiger partial charge in [-0.2, -0.15) is 0 Å². The number of ether oxygens (including phenoxy) is 3. The molecule has 3 aromatic heterocycles. The first kappa shape index (κ1) is 34.9. The van der Waals surface area contributed by atoms with Crippen molar-refractivity contribution in [2.24, 2.45) is 0 Å². The van der Waals surface area contributed by atoms with Gasteiger partial charge in [0.25, 0.3) is 0 Å². The fraction of sp³-hybridized carbons (Fsp3) is 0.471. The Hall–Kier alpha value is -3.38. The zero-order valence-electron chi connectivity index (χ0n) is 28.0. The van der Waals surface area contributed by atoms with E-state index in [1.54, 1.807) is 23.2 Å². The summed E-state index contributed by atoms with van der Waals surface area (Å²) in [6.45, 7) is 15.2. The van der Waals surface area contributed by atoms with Gasteiger partial charge in [-0.05, 0) is 69.3 Å². The van der Waals surface area contributed by atoms with Crippen LogP contribution in [0.2, 0.25) is 35.7 Å². The minimum Gasteiger partial charge on any atom is -0.486 e. The SMILES string of the molecule is CC(C)(C)OC(=O)N1CCC(c2cn(COCC[Si](C)(C)C)c3ncnc(Nc4cc(Cl)c(OCc5ccccn5)cc4Cl)c23)CC1. The van der Waals surface area contributed by atoms with Gasteiger partial charge in [0.1, 0.15) is 42.5 Å². The predicted molar refractivity (Wildman–Crippen MR) is 190 cm³/mol. The number of carbonyl (C=O) groups excluding carboxylic acids is 1. The van der Waals surface area contributed by atoms with E-state index in [1.807, 2.05) is 43.5 Å². The number of nitrogens with zero attached hydrogens (tertiary/aromatic N) is 5. The van der Waals surface area contributed by atoms with Crippen molar-refractivity contribution >= 4 is 59.9 Å². The summed E-state index contributed by atoms with van der Waals surface area (Å²) in [5, 5.41) is 5.14. The van der Waals surface area contributed by atoms with Crippen LogP contribution in [-0.2, 0) is 22.8 Å². The fourth-order valence-corrected chi connectivity index (χ4v) is 6.57. The van der Waals surface area contributed by atoms with Crippen LogP contribution in [-0.4, -0.2) is 63.9 Å². The number of nitrogens with one attached hydrogen (secondary N) is 1. The molecule has 1 aliphatic heterocycles. The molecular weight excluding hydrogens is 655 g/mol. The molecule has 0 atom stereocenters. The van der Waals surface area contributed by atoms with Crippen LogP contribution in [0, 0.1) is 0 Å². The lowest BCUT2D eigenvalue weighted by Gasteiger charge is -2.33. The average molecular weight is 700 g/mol. The Labute approximate surface area is 287 Å². The van der Waals surface area contributed by atoms with Gasteiger partial charge in [0.15, 0.2) is 0 Å². The van der Waals surface area contributed by atoms with Crippen molar-refractivity contribution in [3.63, 3.8) is 0 Å². The molecule has 0 radical (unpaired) electrons. The molecule has 0 bridgehead atoms. The van der Waals surface area contributed by atoms with Crippen LogP contribution >= 0.6 is 23.2 Å². The van der Waals surface area contributed by atoms with E-state index in [0.29, 0.717) is 53.7 Å². The van der Waals surface area contributed by atoms with E-state index in [0.717, 1.165) is 41.2 Å². The summed E-state index contributed by atoms with van der Waals surface area (Å²) >= 11 is 13.4. The van der Waals surface area contributed by atoms with Crippen LogP contribution in [0.1, 0.15) is 50.8 Å². The molecule has 13 heteroatoms. The highest BCUT2D eigenvalue weighted by Gasteiger charge is 2.30. The number of halogens is 2. The molecule has 252 valence electrons. The van der Waals surface area contributed by atoms with Gasteiger partial charge in [0, 0.05) is 46.2 Å². The summed E-state index contributed by atoms with van der Waals surface area (Å²) in [6, 6.07) is 10.1. The van der Waals surface area contributed by atoms with Gasteiger partial charge >= 0.3 is 6.09 Å². The molecule has 5 rings (SSSR count). The summed E-state index contributed by atoms with van der Waals surface area (Å²) in [7, 11) is -1.24. The number of aromatic nitrogens is 4. The third-order valence-electron chi connectivity index (χ3n) is 7.87. The number of fused-ring (bicyclic) bond motifs is 1. The molecule has 10 nitrogen and oxygen atoms in total. The highest BCUT2D eigenvalue weighted by Crippen LogP contribution is 2.40. The number of anilines is 2. The van der Waals surface area contributed by atoms with Gasteiger partial charge in [-0.15, -0.1) is 0 Å². The quantitative estimate of drug-likeness (QED) is 0.122. The third-order valence-corrected chi connectivity index (χ3v) is 10.2. The monoisotopic (exact) mass is 698 g/mol. The number of piperidine rings is 1. The van der Waals surface area contributed by atoms with Gasteiger partial charge in [-0.3, -0.25) is 4.98 Å². The molecule has 1 N–H and O–H groups in total. The number of hydrogen-bond donors (Lipinski definition) is 1. The molecule has 1 saturated heterocycles. The maximum absolute atomic E-state index is 12.8. The van der Waals surface area contributed by atoms with E-state index in [4.69, 9.17) is 37.4 Å². The zero-order valence-corrected chi connectivity index (χ0v) is 30.5. The number of carbonyl (C=O) groups is 1. The van der Waals surface area contributed by atoms with Crippen molar-refractivity contribution in [1.29, 1.82) is 0 Å². The molecule has 4 aromatic rings. The highest BCUT2D eigenvalue weighted by atomic mass is 35.5. The number of benzene rings is 1. The molecule has 0 aliphatic carbocycles.